The average Bonchev–Trinajstić information content (AvgIpc) is 3.29. The molecule has 0 aromatic heterocycles. The minimum Gasteiger partial charge on any atom is -0.309 e. The highest BCUT2D eigenvalue weighted by atomic mass is 31.2. The van der Waals surface area contributed by atoms with E-state index >= 15 is 0 Å². The highest BCUT2D eigenvalue weighted by Crippen LogP contribution is 2.58. The van der Waals surface area contributed by atoms with Gasteiger partial charge in [0.1, 0.15) is 0 Å². The lowest BCUT2D eigenvalue weighted by Gasteiger charge is -2.33. The van der Waals surface area contributed by atoms with E-state index < -0.39 is 15.2 Å². The molecular formula is C39H64O6P2. The molecule has 0 unspecified atom stereocenters. The Kier molecular flexibility index (Phi) is 17.5. The fourth-order valence-electron chi connectivity index (χ4n) is 7.36. The third-order valence-corrected chi connectivity index (χ3v) is 13.6. The van der Waals surface area contributed by atoms with E-state index in [1.165, 1.54) is 86.5 Å². The van der Waals surface area contributed by atoms with Crippen molar-refractivity contribution >= 4 is 15.2 Å². The molecule has 2 aromatic carbocycles. The predicted octanol–water partition coefficient (Wildman–Crippen LogP) is 13.0. The van der Waals surface area contributed by atoms with E-state index in [-0.39, 0.29) is 17.7 Å². The maximum absolute atomic E-state index is 13.6. The molecule has 8 heteroatoms. The monoisotopic (exact) mass is 690 g/mol. The molecule has 0 saturated carbocycles. The van der Waals surface area contributed by atoms with Crippen LogP contribution in [0, 0.1) is 0 Å². The summed E-state index contributed by atoms with van der Waals surface area (Å²) in [6.45, 7) is 13.4. The van der Waals surface area contributed by atoms with Gasteiger partial charge in [-0.05, 0) is 73.9 Å². The van der Waals surface area contributed by atoms with E-state index in [0.29, 0.717) is 26.4 Å². The highest BCUT2D eigenvalue weighted by molar-refractivity contribution is 7.53. The Bertz CT molecular complexity index is 1190. The van der Waals surface area contributed by atoms with Crippen LogP contribution in [-0.4, -0.2) is 26.4 Å². The van der Waals surface area contributed by atoms with Crippen LogP contribution in [0.15, 0.2) is 36.4 Å². The Hall–Kier alpha value is -1.26. The van der Waals surface area contributed by atoms with Gasteiger partial charge >= 0.3 is 15.2 Å². The maximum atomic E-state index is 13.6. The second kappa shape index (κ2) is 20.4. The van der Waals surface area contributed by atoms with E-state index in [1.807, 2.05) is 27.7 Å². The molecule has 47 heavy (non-hydrogen) atoms. The smallest absolute Gasteiger partial charge is 0.309 e. The quantitative estimate of drug-likeness (QED) is 0.0723. The van der Waals surface area contributed by atoms with E-state index in [4.69, 9.17) is 18.1 Å². The molecule has 0 spiro atoms. The number of hydrogen-bond donors (Lipinski definition) is 0. The minimum atomic E-state index is -3.26. The minimum absolute atomic E-state index is 0.172. The molecule has 6 nitrogen and oxygen atoms in total. The van der Waals surface area contributed by atoms with Gasteiger partial charge in [0.2, 0.25) is 0 Å². The van der Waals surface area contributed by atoms with E-state index in [2.05, 4.69) is 50.2 Å². The van der Waals surface area contributed by atoms with Crippen LogP contribution < -0.4 is 0 Å². The first-order chi connectivity index (χ1) is 22.7. The summed E-state index contributed by atoms with van der Waals surface area (Å²) in [7, 11) is -6.52. The molecule has 0 radical (unpaired) electrons. The number of hydrogen-bond acceptors (Lipinski definition) is 6. The zero-order chi connectivity index (χ0) is 34.2. The highest BCUT2D eigenvalue weighted by Gasteiger charge is 2.43. The fourth-order valence-corrected chi connectivity index (χ4v) is 10.7. The lowest BCUT2D eigenvalue weighted by atomic mass is 9.70. The molecule has 2 aromatic rings. The third kappa shape index (κ3) is 11.4. The van der Waals surface area contributed by atoms with Crippen LogP contribution in [-0.2, 0) is 45.0 Å². The van der Waals surface area contributed by atoms with Crippen LogP contribution in [0.1, 0.15) is 154 Å². The molecule has 0 amide bonds. The first-order valence-corrected chi connectivity index (χ1v) is 22.2. The summed E-state index contributed by atoms with van der Waals surface area (Å²) in [6, 6.07) is 13.3. The first-order valence-electron chi connectivity index (χ1n) is 18.8. The van der Waals surface area contributed by atoms with Crippen molar-refractivity contribution in [3.63, 3.8) is 0 Å². The van der Waals surface area contributed by atoms with Gasteiger partial charge in [-0.3, -0.25) is 9.13 Å². The Labute approximate surface area is 287 Å². The van der Waals surface area contributed by atoms with E-state index in [9.17, 15) is 9.13 Å². The van der Waals surface area contributed by atoms with Gasteiger partial charge in [0, 0.05) is 5.41 Å². The van der Waals surface area contributed by atoms with Crippen LogP contribution in [0.5, 0.6) is 0 Å². The van der Waals surface area contributed by atoms with Gasteiger partial charge in [-0.1, -0.05) is 127 Å². The fraction of sp³-hybridized carbons (Fsp3) is 0.692. The molecule has 0 N–H and O–H groups in total. The zero-order valence-electron chi connectivity index (χ0n) is 30.5. The second-order valence-electron chi connectivity index (χ2n) is 13.1. The summed E-state index contributed by atoms with van der Waals surface area (Å²) in [5.41, 5.74) is 7.00. The normalized spacial score (nSPS) is 14.0. The average molecular weight is 691 g/mol. The molecule has 1 aliphatic rings. The number of unbranched alkanes of at least 4 members (excludes halogenated alkanes) is 10. The van der Waals surface area contributed by atoms with Gasteiger partial charge in [-0.15, -0.1) is 0 Å². The van der Waals surface area contributed by atoms with E-state index in [0.717, 1.165) is 36.8 Å². The van der Waals surface area contributed by atoms with Crippen molar-refractivity contribution in [2.75, 3.05) is 26.4 Å². The summed E-state index contributed by atoms with van der Waals surface area (Å²) in [4.78, 5) is 0. The molecule has 0 aliphatic heterocycles. The van der Waals surface area contributed by atoms with Gasteiger partial charge < -0.3 is 18.1 Å². The first kappa shape index (κ1) is 40.2. The summed E-state index contributed by atoms with van der Waals surface area (Å²) in [5, 5.41) is 0. The van der Waals surface area contributed by atoms with Gasteiger partial charge in [0.05, 0.1) is 38.8 Å². The summed E-state index contributed by atoms with van der Waals surface area (Å²) >= 11 is 0. The number of rotatable bonds is 26. The van der Waals surface area contributed by atoms with Crippen molar-refractivity contribution in [3.8, 4) is 11.1 Å². The lowest BCUT2D eigenvalue weighted by molar-refractivity contribution is 0.218. The second-order valence-corrected chi connectivity index (χ2v) is 17.2. The van der Waals surface area contributed by atoms with Crippen LogP contribution >= 0.6 is 15.2 Å². The molecule has 0 atom stereocenters. The largest absolute Gasteiger partial charge is 0.335 e. The third-order valence-electron chi connectivity index (χ3n) is 9.46. The van der Waals surface area contributed by atoms with Crippen LogP contribution in [0.4, 0.5) is 0 Å². The Morgan fingerprint density at radius 3 is 1.17 bits per heavy atom. The van der Waals surface area contributed by atoms with Crippen LogP contribution in [0.2, 0.25) is 0 Å². The molecule has 266 valence electrons. The van der Waals surface area contributed by atoms with Crippen molar-refractivity contribution in [3.05, 3.63) is 58.7 Å². The van der Waals surface area contributed by atoms with Gasteiger partial charge in [-0.25, -0.2) is 0 Å². The summed E-state index contributed by atoms with van der Waals surface area (Å²) < 4.78 is 50.2. The van der Waals surface area contributed by atoms with Crippen molar-refractivity contribution in [2.24, 2.45) is 0 Å². The summed E-state index contributed by atoms with van der Waals surface area (Å²) in [6.07, 6.45) is 17.6. The van der Waals surface area contributed by atoms with E-state index in [1.54, 1.807) is 0 Å². The van der Waals surface area contributed by atoms with Gasteiger partial charge in [0.15, 0.2) is 0 Å². The Morgan fingerprint density at radius 1 is 0.489 bits per heavy atom. The lowest BCUT2D eigenvalue weighted by Crippen LogP contribution is -2.26. The summed E-state index contributed by atoms with van der Waals surface area (Å²) in [5.74, 6) is 0. The standard InChI is InChI=1S/C39H64O6P2/c1-7-13-15-17-19-21-27-39(28-22-20-18-16-14-8-2)37-29-33(31-46(40,42-9-3)43-10-4)23-25-35(37)36-26-24-34(30-38(36)39)32-47(41,44-11-5)45-12-6/h23-26,29-30H,7-22,27-28,31-32H2,1-6H3. The molecule has 0 heterocycles. The molecular weight excluding hydrogens is 626 g/mol. The van der Waals surface area contributed by atoms with Gasteiger partial charge in [-0.2, -0.15) is 0 Å². The van der Waals surface area contributed by atoms with Crippen molar-refractivity contribution in [2.45, 2.75) is 149 Å². The number of fused-ring (bicyclic) bond motifs is 3. The van der Waals surface area contributed by atoms with Gasteiger partial charge in [0.25, 0.3) is 0 Å². The SMILES string of the molecule is CCCCCCCCC1(CCCCCCCC)c2cc(CP(=O)(OCC)OCC)ccc2-c2ccc(CP(=O)(OCC)OCC)cc21. The van der Waals surface area contributed by atoms with Crippen molar-refractivity contribution < 1.29 is 27.2 Å². The predicted molar refractivity (Wildman–Crippen MR) is 198 cm³/mol. The molecule has 1 aliphatic carbocycles. The molecule has 3 rings (SSSR count). The Balaban J connectivity index is 2.10. The number of benzene rings is 2. The molecule has 0 bridgehead atoms. The van der Waals surface area contributed by atoms with Crippen LogP contribution in [0.25, 0.3) is 11.1 Å². The molecule has 0 saturated heterocycles. The van der Waals surface area contributed by atoms with Crippen LogP contribution in [0.3, 0.4) is 0 Å². The molecule has 0 fully saturated rings. The van der Waals surface area contributed by atoms with Crippen molar-refractivity contribution in [1.82, 2.24) is 0 Å². The topological polar surface area (TPSA) is 71.1 Å². The Morgan fingerprint density at radius 2 is 0.830 bits per heavy atom. The van der Waals surface area contributed by atoms with Crippen molar-refractivity contribution in [1.29, 1.82) is 0 Å². The maximum Gasteiger partial charge on any atom is 0.335 e. The zero-order valence-corrected chi connectivity index (χ0v) is 32.2.